The number of amidine groups is 1. The maximum atomic E-state index is 13.8. The Morgan fingerprint density at radius 3 is 2.65 bits per heavy atom. The molecule has 116 valence electrons. The van der Waals surface area contributed by atoms with Crippen molar-refractivity contribution in [3.05, 3.63) is 69.3 Å². The third-order valence-corrected chi connectivity index (χ3v) is 4.43. The number of carbonyl (C=O) groups is 1. The van der Waals surface area contributed by atoms with Gasteiger partial charge in [0, 0.05) is 5.56 Å². The number of nitrogens with one attached hydrogen (secondary N) is 1. The Morgan fingerprint density at radius 1 is 1.22 bits per heavy atom. The van der Waals surface area contributed by atoms with Crippen molar-refractivity contribution in [1.82, 2.24) is 5.32 Å². The quantitative estimate of drug-likeness (QED) is 0.802. The fraction of sp³-hybridized carbons (Fsp3) is 0.0588. The number of carbonyl (C=O) groups excluding carboxylic acids is 1. The summed E-state index contributed by atoms with van der Waals surface area (Å²) in [6, 6.07) is 12.0. The summed E-state index contributed by atoms with van der Waals surface area (Å²) in [7, 11) is 0. The van der Waals surface area contributed by atoms with E-state index in [2.05, 4.69) is 10.3 Å². The van der Waals surface area contributed by atoms with Gasteiger partial charge < -0.3 is 5.32 Å². The molecule has 0 bridgehead atoms. The minimum absolute atomic E-state index is 0.198. The van der Waals surface area contributed by atoms with Crippen molar-refractivity contribution >= 4 is 46.2 Å². The Hall–Kier alpha value is -2.11. The highest BCUT2D eigenvalue weighted by Crippen LogP contribution is 2.30. The summed E-state index contributed by atoms with van der Waals surface area (Å²) in [5, 5.41) is 3.38. The van der Waals surface area contributed by atoms with Gasteiger partial charge in [0.2, 0.25) is 0 Å². The van der Waals surface area contributed by atoms with Gasteiger partial charge in [-0.3, -0.25) is 4.79 Å². The summed E-state index contributed by atoms with van der Waals surface area (Å²) in [6.45, 7) is 1.99. The average Bonchev–Trinajstić information content (AvgIpc) is 2.85. The van der Waals surface area contributed by atoms with Crippen LogP contribution in [-0.4, -0.2) is 11.1 Å². The summed E-state index contributed by atoms with van der Waals surface area (Å²) in [5.41, 5.74) is 2.07. The van der Waals surface area contributed by atoms with Gasteiger partial charge in [-0.05, 0) is 49.0 Å². The molecule has 1 aliphatic heterocycles. The molecule has 1 fully saturated rings. The lowest BCUT2D eigenvalue weighted by Crippen LogP contribution is -2.19. The standard InChI is InChI=1S/C17H12ClFN2OS/c1-10-5-7-11(8-6-10)20-17-21-16(22)15(23-17)9-12-13(18)3-2-4-14(12)19/h2-9H,1H3,(H,20,21,22)/b15-9-. The molecule has 3 rings (SSSR count). The lowest BCUT2D eigenvalue weighted by molar-refractivity contribution is -0.115. The molecule has 23 heavy (non-hydrogen) atoms. The van der Waals surface area contributed by atoms with Gasteiger partial charge in [-0.25, -0.2) is 9.38 Å². The largest absolute Gasteiger partial charge is 0.300 e. The number of nitrogens with zero attached hydrogens (tertiary/aromatic N) is 1. The Labute approximate surface area is 142 Å². The van der Waals surface area contributed by atoms with Crippen molar-refractivity contribution in [3.8, 4) is 0 Å². The van der Waals surface area contributed by atoms with E-state index in [0.29, 0.717) is 10.1 Å². The van der Waals surface area contributed by atoms with Gasteiger partial charge in [0.05, 0.1) is 15.6 Å². The molecule has 2 aromatic rings. The van der Waals surface area contributed by atoms with E-state index in [-0.39, 0.29) is 16.5 Å². The summed E-state index contributed by atoms with van der Waals surface area (Å²) in [4.78, 5) is 16.7. The van der Waals surface area contributed by atoms with Crippen LogP contribution in [0, 0.1) is 12.7 Å². The molecule has 0 saturated carbocycles. The number of benzene rings is 2. The fourth-order valence-electron chi connectivity index (χ4n) is 2.00. The molecule has 1 amide bonds. The predicted molar refractivity (Wildman–Crippen MR) is 93.4 cm³/mol. The number of aliphatic imine (C=N–C) groups is 1. The van der Waals surface area contributed by atoms with Crippen molar-refractivity contribution in [1.29, 1.82) is 0 Å². The van der Waals surface area contributed by atoms with Gasteiger partial charge in [-0.15, -0.1) is 0 Å². The number of amides is 1. The first-order chi connectivity index (χ1) is 11.0. The minimum Gasteiger partial charge on any atom is -0.300 e. The van der Waals surface area contributed by atoms with Crippen LogP contribution in [0.25, 0.3) is 6.08 Å². The molecule has 0 aliphatic carbocycles. The van der Waals surface area contributed by atoms with Crippen LogP contribution in [-0.2, 0) is 4.79 Å². The molecule has 6 heteroatoms. The van der Waals surface area contributed by atoms with Crippen LogP contribution in [0.1, 0.15) is 11.1 Å². The van der Waals surface area contributed by atoms with Crippen LogP contribution >= 0.6 is 23.4 Å². The van der Waals surface area contributed by atoms with E-state index < -0.39 is 5.82 Å². The zero-order valence-electron chi connectivity index (χ0n) is 12.1. The second kappa shape index (κ2) is 6.56. The van der Waals surface area contributed by atoms with Gasteiger partial charge in [0.1, 0.15) is 5.82 Å². The molecule has 1 saturated heterocycles. The molecule has 0 atom stereocenters. The third kappa shape index (κ3) is 3.63. The van der Waals surface area contributed by atoms with Gasteiger partial charge in [-0.2, -0.15) is 0 Å². The second-order valence-electron chi connectivity index (χ2n) is 4.95. The lowest BCUT2D eigenvalue weighted by Gasteiger charge is -2.00. The summed E-state index contributed by atoms with van der Waals surface area (Å²) >= 11 is 7.14. The summed E-state index contributed by atoms with van der Waals surface area (Å²) < 4.78 is 13.8. The van der Waals surface area contributed by atoms with E-state index in [0.717, 1.165) is 23.0 Å². The molecule has 0 unspecified atom stereocenters. The Kier molecular flexibility index (Phi) is 4.50. The number of rotatable bonds is 2. The van der Waals surface area contributed by atoms with E-state index in [4.69, 9.17) is 11.6 Å². The number of halogens is 2. The van der Waals surface area contributed by atoms with Gasteiger partial charge in [-0.1, -0.05) is 35.4 Å². The van der Waals surface area contributed by atoms with Crippen molar-refractivity contribution in [2.75, 3.05) is 0 Å². The zero-order valence-corrected chi connectivity index (χ0v) is 13.7. The SMILES string of the molecule is Cc1ccc(N=C2NC(=O)/C(=C/c3c(F)cccc3Cl)S2)cc1. The van der Waals surface area contributed by atoms with E-state index in [1.807, 2.05) is 31.2 Å². The molecule has 1 aliphatic rings. The number of hydrogen-bond donors (Lipinski definition) is 1. The van der Waals surface area contributed by atoms with Gasteiger partial charge >= 0.3 is 0 Å². The fourth-order valence-corrected chi connectivity index (χ4v) is 3.04. The van der Waals surface area contributed by atoms with Crippen LogP contribution < -0.4 is 5.32 Å². The van der Waals surface area contributed by atoms with E-state index in [1.165, 1.54) is 18.2 Å². The molecular weight excluding hydrogens is 335 g/mol. The van der Waals surface area contributed by atoms with Crippen molar-refractivity contribution < 1.29 is 9.18 Å². The average molecular weight is 347 g/mol. The minimum atomic E-state index is -0.470. The lowest BCUT2D eigenvalue weighted by atomic mass is 10.2. The first-order valence-corrected chi connectivity index (χ1v) is 8.02. The monoisotopic (exact) mass is 346 g/mol. The van der Waals surface area contributed by atoms with Crippen LogP contribution in [0.3, 0.4) is 0 Å². The molecular formula is C17H12ClFN2OS. The summed E-state index contributed by atoms with van der Waals surface area (Å²) in [6.07, 6.45) is 1.44. The Morgan fingerprint density at radius 2 is 1.96 bits per heavy atom. The molecule has 0 aromatic heterocycles. The van der Waals surface area contributed by atoms with Gasteiger partial charge in [0.25, 0.3) is 5.91 Å². The topological polar surface area (TPSA) is 41.5 Å². The Bertz CT molecular complexity index is 811. The van der Waals surface area contributed by atoms with Crippen molar-refractivity contribution in [3.63, 3.8) is 0 Å². The van der Waals surface area contributed by atoms with Crippen LogP contribution in [0.2, 0.25) is 5.02 Å². The number of hydrogen-bond acceptors (Lipinski definition) is 3. The van der Waals surface area contributed by atoms with Gasteiger partial charge in [0.15, 0.2) is 5.17 Å². The predicted octanol–water partition coefficient (Wildman–Crippen LogP) is 4.68. The van der Waals surface area contributed by atoms with E-state index in [1.54, 1.807) is 6.07 Å². The first-order valence-electron chi connectivity index (χ1n) is 6.83. The molecule has 1 heterocycles. The molecule has 0 radical (unpaired) electrons. The Balaban J connectivity index is 1.88. The molecule has 1 N–H and O–H groups in total. The molecule has 0 spiro atoms. The highest BCUT2D eigenvalue weighted by atomic mass is 35.5. The maximum absolute atomic E-state index is 13.8. The number of aryl methyl sites for hydroxylation is 1. The number of thioether (sulfide) groups is 1. The van der Waals surface area contributed by atoms with E-state index >= 15 is 0 Å². The molecule has 2 aromatic carbocycles. The first kappa shape index (κ1) is 15.8. The van der Waals surface area contributed by atoms with Crippen molar-refractivity contribution in [2.45, 2.75) is 6.92 Å². The molecule has 3 nitrogen and oxygen atoms in total. The highest BCUT2D eigenvalue weighted by molar-refractivity contribution is 8.18. The van der Waals surface area contributed by atoms with Crippen LogP contribution in [0.4, 0.5) is 10.1 Å². The van der Waals surface area contributed by atoms with Crippen LogP contribution in [0.5, 0.6) is 0 Å². The zero-order chi connectivity index (χ0) is 16.4. The highest BCUT2D eigenvalue weighted by Gasteiger charge is 2.24. The third-order valence-electron chi connectivity index (χ3n) is 3.19. The normalized spacial score (nSPS) is 17.8. The smallest absolute Gasteiger partial charge is 0.264 e. The second-order valence-corrected chi connectivity index (χ2v) is 6.39. The maximum Gasteiger partial charge on any atom is 0.264 e. The summed E-state index contributed by atoms with van der Waals surface area (Å²) in [5.74, 6) is -0.789. The van der Waals surface area contributed by atoms with Crippen LogP contribution in [0.15, 0.2) is 52.4 Å². The van der Waals surface area contributed by atoms with Crippen molar-refractivity contribution in [2.24, 2.45) is 4.99 Å². The van der Waals surface area contributed by atoms with E-state index in [9.17, 15) is 9.18 Å².